The largest absolute Gasteiger partial charge is 0.508 e. The normalized spacial score (nSPS) is 13.9. The molecule has 0 heterocycles. The van der Waals surface area contributed by atoms with Gasteiger partial charge in [-0.05, 0) is 44.4 Å². The fraction of sp³-hybridized carbons (Fsp3) is 0.500. The van der Waals surface area contributed by atoms with Crippen molar-refractivity contribution in [1.82, 2.24) is 10.6 Å². The van der Waals surface area contributed by atoms with Gasteiger partial charge in [0.2, 0.25) is 5.91 Å². The van der Waals surface area contributed by atoms with Gasteiger partial charge in [-0.25, -0.2) is 0 Å². The van der Waals surface area contributed by atoms with Gasteiger partial charge in [0.1, 0.15) is 5.75 Å². The lowest BCUT2D eigenvalue weighted by Crippen LogP contribution is -2.44. The first kappa shape index (κ1) is 14.5. The van der Waals surface area contributed by atoms with Gasteiger partial charge >= 0.3 is 0 Å². The molecule has 0 aliphatic carbocycles. The third-order valence-corrected chi connectivity index (χ3v) is 2.98. The number of phenols is 1. The van der Waals surface area contributed by atoms with Crippen molar-refractivity contribution in [3.8, 4) is 5.75 Å². The highest BCUT2D eigenvalue weighted by Gasteiger charge is 2.13. The molecule has 0 aromatic heterocycles. The minimum absolute atomic E-state index is 0.00600. The maximum Gasteiger partial charge on any atom is 0.236 e. The number of aromatic hydroxyl groups is 1. The Morgan fingerprint density at radius 2 is 1.89 bits per heavy atom. The Balaban J connectivity index is 2.34. The summed E-state index contributed by atoms with van der Waals surface area (Å²) >= 11 is 0. The van der Waals surface area contributed by atoms with Crippen molar-refractivity contribution >= 4 is 5.91 Å². The van der Waals surface area contributed by atoms with Crippen LogP contribution in [0, 0.1) is 0 Å². The first-order chi connectivity index (χ1) is 8.52. The monoisotopic (exact) mass is 250 g/mol. The Bertz CT molecular complexity index is 376. The summed E-state index contributed by atoms with van der Waals surface area (Å²) in [5.74, 6) is 0.296. The predicted octanol–water partition coefficient (Wildman–Crippen LogP) is 1.44. The van der Waals surface area contributed by atoms with Gasteiger partial charge in [-0.3, -0.25) is 4.79 Å². The highest BCUT2D eigenvalue weighted by Crippen LogP contribution is 2.12. The molecule has 4 heteroatoms. The average Bonchev–Trinajstić information content (AvgIpc) is 2.37. The molecule has 0 saturated heterocycles. The van der Waals surface area contributed by atoms with E-state index in [0.717, 1.165) is 12.8 Å². The van der Waals surface area contributed by atoms with Crippen molar-refractivity contribution in [2.75, 3.05) is 7.05 Å². The summed E-state index contributed by atoms with van der Waals surface area (Å²) in [6.45, 7) is 3.93. The number of amides is 1. The quantitative estimate of drug-likeness (QED) is 0.716. The Labute approximate surface area is 108 Å². The first-order valence-electron chi connectivity index (χ1n) is 6.28. The number of aryl methyl sites for hydroxylation is 1. The zero-order chi connectivity index (χ0) is 13.5. The van der Waals surface area contributed by atoms with Crippen LogP contribution in [0.3, 0.4) is 0 Å². The zero-order valence-electron chi connectivity index (χ0n) is 11.2. The van der Waals surface area contributed by atoms with Gasteiger partial charge in [-0.2, -0.15) is 0 Å². The standard InChI is InChI=1S/C14H22N2O2/c1-10(16-11(2)14(18)15-3)4-5-12-6-8-13(17)9-7-12/h6-11,16-17H,4-5H2,1-3H3,(H,15,18)/t10-,11-/m1/s1. The molecular weight excluding hydrogens is 228 g/mol. The number of likely N-dealkylation sites (N-methyl/N-ethyl adjacent to an activating group) is 1. The van der Waals surface area contributed by atoms with E-state index >= 15 is 0 Å². The SMILES string of the molecule is CNC(=O)[C@@H](C)N[C@H](C)CCc1ccc(O)cc1. The van der Waals surface area contributed by atoms with Gasteiger partial charge in [-0.15, -0.1) is 0 Å². The van der Waals surface area contributed by atoms with Crippen molar-refractivity contribution in [1.29, 1.82) is 0 Å². The molecule has 1 aromatic carbocycles. The molecule has 4 nitrogen and oxygen atoms in total. The van der Waals surface area contributed by atoms with E-state index in [0.29, 0.717) is 0 Å². The van der Waals surface area contributed by atoms with E-state index in [4.69, 9.17) is 0 Å². The second-order valence-corrected chi connectivity index (χ2v) is 4.61. The van der Waals surface area contributed by atoms with Crippen LogP contribution in [0.25, 0.3) is 0 Å². The van der Waals surface area contributed by atoms with Gasteiger partial charge in [0.25, 0.3) is 0 Å². The molecule has 0 aliphatic heterocycles. The third-order valence-electron chi connectivity index (χ3n) is 2.98. The summed E-state index contributed by atoms with van der Waals surface area (Å²) in [7, 11) is 1.64. The topological polar surface area (TPSA) is 61.4 Å². The van der Waals surface area contributed by atoms with Crippen LogP contribution in [0.1, 0.15) is 25.8 Å². The van der Waals surface area contributed by atoms with Crippen LogP contribution in [-0.2, 0) is 11.2 Å². The number of phenolic OH excluding ortho intramolecular Hbond substituents is 1. The van der Waals surface area contributed by atoms with Gasteiger partial charge in [0, 0.05) is 13.1 Å². The van der Waals surface area contributed by atoms with E-state index in [9.17, 15) is 9.90 Å². The Kier molecular flexibility index (Phi) is 5.65. The summed E-state index contributed by atoms with van der Waals surface area (Å²) in [6, 6.07) is 7.33. The third kappa shape index (κ3) is 4.75. The van der Waals surface area contributed by atoms with Crippen molar-refractivity contribution in [3.05, 3.63) is 29.8 Å². The Hall–Kier alpha value is -1.55. The molecule has 100 valence electrons. The number of benzene rings is 1. The summed E-state index contributed by atoms with van der Waals surface area (Å²) in [4.78, 5) is 11.4. The van der Waals surface area contributed by atoms with Crippen LogP contribution >= 0.6 is 0 Å². The molecule has 0 fully saturated rings. The fourth-order valence-electron chi connectivity index (χ4n) is 1.85. The molecule has 0 unspecified atom stereocenters. The summed E-state index contributed by atoms with van der Waals surface area (Å²) < 4.78 is 0. The summed E-state index contributed by atoms with van der Waals surface area (Å²) in [5.41, 5.74) is 1.19. The molecule has 1 rings (SSSR count). The first-order valence-corrected chi connectivity index (χ1v) is 6.28. The molecule has 0 radical (unpaired) electrons. The number of hydrogen-bond donors (Lipinski definition) is 3. The van der Waals surface area contributed by atoms with Crippen LogP contribution < -0.4 is 10.6 Å². The molecule has 0 bridgehead atoms. The van der Waals surface area contributed by atoms with Crippen LogP contribution in [0.15, 0.2) is 24.3 Å². The van der Waals surface area contributed by atoms with Crippen LogP contribution in [0.5, 0.6) is 5.75 Å². The van der Waals surface area contributed by atoms with Gasteiger partial charge in [0.15, 0.2) is 0 Å². The maximum atomic E-state index is 11.4. The molecule has 3 N–H and O–H groups in total. The average molecular weight is 250 g/mol. The predicted molar refractivity (Wildman–Crippen MR) is 72.6 cm³/mol. The minimum Gasteiger partial charge on any atom is -0.508 e. The van der Waals surface area contributed by atoms with Crippen molar-refractivity contribution in [3.63, 3.8) is 0 Å². The van der Waals surface area contributed by atoms with Gasteiger partial charge in [-0.1, -0.05) is 12.1 Å². The highest BCUT2D eigenvalue weighted by atomic mass is 16.3. The molecule has 1 amide bonds. The Morgan fingerprint density at radius 1 is 1.28 bits per heavy atom. The van der Waals surface area contributed by atoms with E-state index < -0.39 is 0 Å². The molecule has 18 heavy (non-hydrogen) atoms. The summed E-state index contributed by atoms with van der Waals surface area (Å²) in [6.07, 6.45) is 1.88. The second kappa shape index (κ2) is 7.01. The number of nitrogens with one attached hydrogen (secondary N) is 2. The Morgan fingerprint density at radius 3 is 2.44 bits per heavy atom. The van der Waals surface area contributed by atoms with Gasteiger partial charge < -0.3 is 15.7 Å². The van der Waals surface area contributed by atoms with Crippen molar-refractivity contribution < 1.29 is 9.90 Å². The lowest BCUT2D eigenvalue weighted by molar-refractivity contribution is -0.122. The van der Waals surface area contributed by atoms with Crippen LogP contribution in [0.2, 0.25) is 0 Å². The molecule has 0 saturated carbocycles. The van der Waals surface area contributed by atoms with Crippen LogP contribution in [-0.4, -0.2) is 30.1 Å². The smallest absolute Gasteiger partial charge is 0.236 e. The van der Waals surface area contributed by atoms with E-state index in [-0.39, 0.29) is 23.7 Å². The van der Waals surface area contributed by atoms with Gasteiger partial charge in [0.05, 0.1) is 6.04 Å². The minimum atomic E-state index is -0.176. The number of carbonyl (C=O) groups is 1. The van der Waals surface area contributed by atoms with Crippen molar-refractivity contribution in [2.45, 2.75) is 38.8 Å². The number of rotatable bonds is 6. The lowest BCUT2D eigenvalue weighted by atomic mass is 10.1. The maximum absolute atomic E-state index is 11.4. The molecule has 0 aliphatic rings. The van der Waals surface area contributed by atoms with E-state index in [2.05, 4.69) is 17.6 Å². The van der Waals surface area contributed by atoms with E-state index in [1.807, 2.05) is 19.1 Å². The number of carbonyl (C=O) groups excluding carboxylic acids is 1. The highest BCUT2D eigenvalue weighted by molar-refractivity contribution is 5.80. The lowest BCUT2D eigenvalue weighted by Gasteiger charge is -2.18. The van der Waals surface area contributed by atoms with Crippen molar-refractivity contribution in [2.24, 2.45) is 0 Å². The second-order valence-electron chi connectivity index (χ2n) is 4.61. The molecule has 0 spiro atoms. The van der Waals surface area contributed by atoms with Crippen LogP contribution in [0.4, 0.5) is 0 Å². The fourth-order valence-corrected chi connectivity index (χ4v) is 1.85. The zero-order valence-corrected chi connectivity index (χ0v) is 11.2. The number of hydrogen-bond acceptors (Lipinski definition) is 3. The molecular formula is C14H22N2O2. The van der Waals surface area contributed by atoms with E-state index in [1.54, 1.807) is 19.2 Å². The summed E-state index contributed by atoms with van der Waals surface area (Å²) in [5, 5.41) is 15.1. The molecule has 2 atom stereocenters. The van der Waals surface area contributed by atoms with E-state index in [1.165, 1.54) is 5.56 Å². The molecule has 1 aromatic rings.